The van der Waals surface area contributed by atoms with Crippen LogP contribution < -0.4 is 4.90 Å². The monoisotopic (exact) mass is 592 g/mol. The third kappa shape index (κ3) is 11.4. The van der Waals surface area contributed by atoms with Crippen molar-refractivity contribution < 1.29 is 19.1 Å². The maximum atomic E-state index is 12.0. The minimum Gasteiger partial charge on any atom is -0.462 e. The average Bonchev–Trinajstić information content (AvgIpc) is 3.11. The topological polar surface area (TPSA) is 92.2 Å². The van der Waals surface area contributed by atoms with E-state index in [1.165, 1.54) is 31.1 Å². The zero-order valence-corrected chi connectivity index (χ0v) is 25.9. The van der Waals surface area contributed by atoms with Crippen LogP contribution in [-0.2, 0) is 14.3 Å². The summed E-state index contributed by atoms with van der Waals surface area (Å²) in [5, 5.41) is 0.634. The quantitative estimate of drug-likeness (QED) is 0.221. The molecule has 9 heteroatoms. The Morgan fingerprint density at radius 1 is 0.976 bits per heavy atom. The number of pyridine rings is 1. The molecule has 1 aliphatic heterocycles. The highest BCUT2D eigenvalue weighted by atomic mass is 35.5. The van der Waals surface area contributed by atoms with Gasteiger partial charge in [0.25, 0.3) is 0 Å². The number of fused-ring (bicyclic) bond motifs is 1. The van der Waals surface area contributed by atoms with Crippen molar-refractivity contribution in [2.75, 3.05) is 39.2 Å². The van der Waals surface area contributed by atoms with E-state index in [2.05, 4.69) is 16.9 Å². The van der Waals surface area contributed by atoms with Crippen LogP contribution in [0.1, 0.15) is 67.4 Å². The van der Waals surface area contributed by atoms with Crippen LogP contribution in [0.5, 0.6) is 0 Å². The van der Waals surface area contributed by atoms with E-state index >= 15 is 0 Å². The van der Waals surface area contributed by atoms with Crippen molar-refractivity contribution in [3.63, 3.8) is 0 Å². The number of esters is 1. The Balaban J connectivity index is 0.000000251. The lowest BCUT2D eigenvalue weighted by Gasteiger charge is -2.18. The number of carbonyl (C=O) groups is 3. The first-order valence-electron chi connectivity index (χ1n) is 14.1. The molecule has 0 spiro atoms. The standard InChI is InChI=1S/C16H13ClN2O.C13H19NO2.C4H9NO/c1-19-14-8-7-12(17)9-13(14)16(18-10-15(19)20)11-5-3-2-4-6-11;1-2-3-4-5-6-11-16-13(15)12-7-9-14-10-8-12;1-4(6)5(2)3/h2-9H,10H2,1H3;7-10H,2-6,11H2,1H3;1-3H3. The van der Waals surface area contributed by atoms with E-state index in [4.69, 9.17) is 16.3 Å². The van der Waals surface area contributed by atoms with Crippen LogP contribution in [-0.4, -0.2) is 67.7 Å². The maximum Gasteiger partial charge on any atom is 0.338 e. The minimum absolute atomic E-state index is 0.0282. The Morgan fingerprint density at radius 2 is 1.62 bits per heavy atom. The molecule has 0 saturated carbocycles. The Kier molecular flexibility index (Phi) is 15.0. The summed E-state index contributed by atoms with van der Waals surface area (Å²) in [5.41, 5.74) is 4.08. The van der Waals surface area contributed by atoms with Crippen molar-refractivity contribution in [1.82, 2.24) is 9.88 Å². The van der Waals surface area contributed by atoms with Crippen LogP contribution in [0.3, 0.4) is 0 Å². The highest BCUT2D eigenvalue weighted by molar-refractivity contribution is 6.32. The number of hydrogen-bond donors (Lipinski definition) is 0. The third-order valence-electron chi connectivity index (χ3n) is 6.40. The second kappa shape index (κ2) is 18.4. The van der Waals surface area contributed by atoms with Gasteiger partial charge >= 0.3 is 5.97 Å². The molecule has 8 nitrogen and oxygen atoms in total. The number of aliphatic imine (C=N–C) groups is 1. The van der Waals surface area contributed by atoms with Gasteiger partial charge in [0, 0.05) is 56.6 Å². The van der Waals surface area contributed by atoms with Gasteiger partial charge < -0.3 is 14.5 Å². The number of rotatable bonds is 8. The second-order valence-corrected chi connectivity index (χ2v) is 10.3. The van der Waals surface area contributed by atoms with Gasteiger partial charge in [-0.3, -0.25) is 19.6 Å². The number of likely N-dealkylation sites (N-methyl/N-ethyl adjacent to an activating group) is 1. The summed E-state index contributed by atoms with van der Waals surface area (Å²) in [6, 6.07) is 18.7. The Bertz CT molecular complexity index is 1310. The number of benzodiazepines with no additional fused rings is 1. The molecule has 4 rings (SSSR count). The Morgan fingerprint density at radius 3 is 2.24 bits per heavy atom. The summed E-state index contributed by atoms with van der Waals surface area (Å²) < 4.78 is 5.14. The van der Waals surface area contributed by atoms with E-state index in [9.17, 15) is 14.4 Å². The average molecular weight is 593 g/mol. The number of anilines is 1. The fourth-order valence-corrected chi connectivity index (χ4v) is 3.92. The van der Waals surface area contributed by atoms with Crippen molar-refractivity contribution in [3.8, 4) is 0 Å². The first-order chi connectivity index (χ1) is 20.1. The van der Waals surface area contributed by atoms with Crippen molar-refractivity contribution in [1.29, 1.82) is 0 Å². The van der Waals surface area contributed by atoms with Gasteiger partial charge in [-0.05, 0) is 36.8 Å². The van der Waals surface area contributed by atoms with Gasteiger partial charge in [0.15, 0.2) is 0 Å². The molecule has 0 radical (unpaired) electrons. The first kappa shape index (κ1) is 34.2. The molecule has 0 aliphatic carbocycles. The van der Waals surface area contributed by atoms with E-state index in [0.717, 1.165) is 35.4 Å². The lowest BCUT2D eigenvalue weighted by atomic mass is 10.0. The molecule has 1 aliphatic rings. The number of aromatic nitrogens is 1. The predicted molar refractivity (Wildman–Crippen MR) is 169 cm³/mol. The molecule has 2 amide bonds. The molecule has 224 valence electrons. The SMILES string of the molecule is CC(=O)N(C)C.CCCCCCCOC(=O)c1ccncc1.CN1C(=O)CN=C(c2ccccc2)c2cc(Cl)ccc21. The molecule has 3 aromatic rings. The van der Waals surface area contributed by atoms with Crippen LogP contribution in [0, 0.1) is 0 Å². The van der Waals surface area contributed by atoms with Gasteiger partial charge in [0.05, 0.1) is 23.6 Å². The van der Waals surface area contributed by atoms with E-state index in [-0.39, 0.29) is 24.3 Å². The Hall–Kier alpha value is -4.04. The van der Waals surface area contributed by atoms with Crippen molar-refractivity contribution in [2.45, 2.75) is 46.0 Å². The highest BCUT2D eigenvalue weighted by Gasteiger charge is 2.22. The van der Waals surface area contributed by atoms with Crippen LogP contribution >= 0.6 is 11.6 Å². The molecular formula is C33H41ClN4O4. The normalized spacial score (nSPS) is 11.9. The van der Waals surface area contributed by atoms with Gasteiger partial charge in [-0.15, -0.1) is 0 Å². The molecule has 0 unspecified atom stereocenters. The number of ether oxygens (including phenoxy) is 1. The number of amides is 2. The molecule has 0 fully saturated rings. The van der Waals surface area contributed by atoms with Gasteiger partial charge in [-0.1, -0.05) is 74.5 Å². The molecule has 0 saturated heterocycles. The summed E-state index contributed by atoms with van der Waals surface area (Å²) in [5.74, 6) is -0.188. The van der Waals surface area contributed by atoms with E-state index < -0.39 is 0 Å². The third-order valence-corrected chi connectivity index (χ3v) is 6.63. The van der Waals surface area contributed by atoms with Crippen LogP contribution in [0.4, 0.5) is 5.69 Å². The van der Waals surface area contributed by atoms with E-state index in [1.807, 2.05) is 42.5 Å². The lowest BCUT2D eigenvalue weighted by Crippen LogP contribution is -2.27. The highest BCUT2D eigenvalue weighted by Crippen LogP contribution is 2.28. The molecule has 0 bridgehead atoms. The fourth-order valence-electron chi connectivity index (χ4n) is 3.75. The predicted octanol–water partition coefficient (Wildman–Crippen LogP) is 6.46. The second-order valence-electron chi connectivity index (χ2n) is 9.84. The van der Waals surface area contributed by atoms with Gasteiger partial charge in [-0.25, -0.2) is 4.79 Å². The van der Waals surface area contributed by atoms with Crippen molar-refractivity contribution in [2.24, 2.45) is 4.99 Å². The van der Waals surface area contributed by atoms with Crippen molar-refractivity contribution >= 4 is 40.8 Å². The zero-order chi connectivity index (χ0) is 30.9. The fraction of sp³-hybridized carbons (Fsp3) is 0.364. The number of halogens is 1. The molecule has 0 atom stereocenters. The minimum atomic E-state index is -0.252. The summed E-state index contributed by atoms with van der Waals surface area (Å²) in [6.07, 6.45) is 9.00. The number of benzene rings is 2. The summed E-state index contributed by atoms with van der Waals surface area (Å²) in [4.78, 5) is 45.1. The maximum absolute atomic E-state index is 12.0. The number of hydrogen-bond acceptors (Lipinski definition) is 6. The van der Waals surface area contributed by atoms with Gasteiger partial charge in [0.2, 0.25) is 11.8 Å². The summed E-state index contributed by atoms with van der Waals surface area (Å²) in [6.45, 7) is 4.38. The Labute approximate surface area is 254 Å². The summed E-state index contributed by atoms with van der Waals surface area (Å²) in [7, 11) is 5.21. The molecule has 2 heterocycles. The molecule has 1 aromatic heterocycles. The smallest absolute Gasteiger partial charge is 0.338 e. The van der Waals surface area contributed by atoms with Gasteiger partial charge in [0.1, 0.15) is 6.54 Å². The van der Waals surface area contributed by atoms with Crippen LogP contribution in [0.25, 0.3) is 0 Å². The number of carbonyl (C=O) groups excluding carboxylic acids is 3. The van der Waals surface area contributed by atoms with Crippen molar-refractivity contribution in [3.05, 3.63) is 94.8 Å². The number of unbranched alkanes of at least 4 members (excludes halogenated alkanes) is 4. The van der Waals surface area contributed by atoms with Crippen LogP contribution in [0.15, 0.2) is 78.0 Å². The molecular weight excluding hydrogens is 552 g/mol. The molecule has 2 aromatic carbocycles. The first-order valence-corrected chi connectivity index (χ1v) is 14.4. The number of nitrogens with zero attached hydrogens (tertiary/aromatic N) is 4. The summed E-state index contributed by atoms with van der Waals surface area (Å²) >= 11 is 6.11. The molecule has 0 N–H and O–H groups in total. The van der Waals surface area contributed by atoms with E-state index in [0.29, 0.717) is 17.2 Å². The van der Waals surface area contributed by atoms with Crippen LogP contribution in [0.2, 0.25) is 5.02 Å². The molecule has 42 heavy (non-hydrogen) atoms. The van der Waals surface area contributed by atoms with E-state index in [1.54, 1.807) is 56.6 Å². The largest absolute Gasteiger partial charge is 0.462 e. The van der Waals surface area contributed by atoms with Gasteiger partial charge in [-0.2, -0.15) is 0 Å². The lowest BCUT2D eigenvalue weighted by molar-refractivity contribution is -0.126. The zero-order valence-electron chi connectivity index (χ0n) is 25.2.